The normalized spacial score (nSPS) is 27.9. The Morgan fingerprint density at radius 1 is 1.09 bits per heavy atom. The molecule has 2 fully saturated rings. The van der Waals surface area contributed by atoms with Gasteiger partial charge >= 0.3 is 6.03 Å². The molecule has 0 aromatic heterocycles. The minimum Gasteiger partial charge on any atom is -0.414 e. The van der Waals surface area contributed by atoms with Crippen LogP contribution in [0.1, 0.15) is 66.2 Å². The van der Waals surface area contributed by atoms with Crippen molar-refractivity contribution in [1.29, 1.82) is 0 Å². The van der Waals surface area contributed by atoms with Crippen LogP contribution >= 0.6 is 0 Å². The largest absolute Gasteiger partial charge is 0.414 e. The molecule has 188 valence electrons. The van der Waals surface area contributed by atoms with Gasteiger partial charge in [-0.2, -0.15) is 0 Å². The molecule has 32 heavy (non-hydrogen) atoms. The molecule has 8 nitrogen and oxygen atoms in total. The van der Waals surface area contributed by atoms with E-state index in [-0.39, 0.29) is 35.4 Å². The Bertz CT molecular complexity index is 718. The maximum atomic E-state index is 12.6. The molecule has 1 aliphatic carbocycles. The molecule has 1 saturated heterocycles. The molecule has 0 aromatic rings. The van der Waals surface area contributed by atoms with Gasteiger partial charge < -0.3 is 19.4 Å². The smallest absolute Gasteiger partial charge is 0.317 e. The summed E-state index contributed by atoms with van der Waals surface area (Å²) in [5.74, 6) is 0. The average molecular weight is 492 g/mol. The average Bonchev–Trinajstić information content (AvgIpc) is 2.66. The highest BCUT2D eigenvalue weighted by molar-refractivity contribution is 7.88. The van der Waals surface area contributed by atoms with Gasteiger partial charge in [-0.05, 0) is 63.6 Å². The van der Waals surface area contributed by atoms with E-state index in [1.54, 1.807) is 4.90 Å². The molecule has 0 spiro atoms. The van der Waals surface area contributed by atoms with Crippen LogP contribution in [0.15, 0.2) is 0 Å². The van der Waals surface area contributed by atoms with Crippen LogP contribution in [0.4, 0.5) is 4.79 Å². The first-order valence-electron chi connectivity index (χ1n) is 12.0. The van der Waals surface area contributed by atoms with E-state index in [0.29, 0.717) is 26.1 Å². The van der Waals surface area contributed by atoms with Gasteiger partial charge in [-0.3, -0.25) is 0 Å². The number of amides is 2. The molecule has 2 aliphatic rings. The van der Waals surface area contributed by atoms with E-state index in [0.717, 1.165) is 32.1 Å². The van der Waals surface area contributed by atoms with Gasteiger partial charge in [0.2, 0.25) is 10.0 Å². The van der Waals surface area contributed by atoms with Gasteiger partial charge in [0.1, 0.15) is 0 Å². The molecule has 1 heterocycles. The minimum absolute atomic E-state index is 0.117. The Morgan fingerprint density at radius 3 is 2.22 bits per heavy atom. The minimum atomic E-state index is -3.37. The number of urea groups is 1. The number of sulfonamides is 1. The van der Waals surface area contributed by atoms with Crippen molar-refractivity contribution in [3.8, 4) is 0 Å². The Morgan fingerprint density at radius 2 is 1.69 bits per heavy atom. The lowest BCUT2D eigenvalue weighted by atomic mass is 9.94. The van der Waals surface area contributed by atoms with Crippen molar-refractivity contribution in [2.75, 3.05) is 26.0 Å². The predicted molar refractivity (Wildman–Crippen MR) is 131 cm³/mol. The molecule has 10 heteroatoms. The lowest BCUT2D eigenvalue weighted by molar-refractivity contribution is -0.0309. The lowest BCUT2D eigenvalue weighted by Crippen LogP contribution is -2.60. The first-order valence-corrected chi connectivity index (χ1v) is 16.8. The number of nitrogens with one attached hydrogen (secondary N) is 2. The zero-order valence-corrected chi connectivity index (χ0v) is 22.9. The quantitative estimate of drug-likeness (QED) is 0.507. The molecular formula is C22H45N3O5SSi. The van der Waals surface area contributed by atoms with Crippen LogP contribution in [0.25, 0.3) is 0 Å². The van der Waals surface area contributed by atoms with Crippen LogP contribution in [0.3, 0.4) is 0 Å². The molecule has 2 amide bonds. The summed E-state index contributed by atoms with van der Waals surface area (Å²) in [6.45, 7) is 14.7. The zero-order valence-electron chi connectivity index (χ0n) is 21.1. The fourth-order valence-corrected chi connectivity index (χ4v) is 6.57. The van der Waals surface area contributed by atoms with Gasteiger partial charge in [-0.1, -0.05) is 20.8 Å². The van der Waals surface area contributed by atoms with Gasteiger partial charge in [0.05, 0.1) is 25.0 Å². The van der Waals surface area contributed by atoms with Crippen molar-refractivity contribution in [2.24, 2.45) is 0 Å². The van der Waals surface area contributed by atoms with E-state index in [1.807, 2.05) is 6.92 Å². The number of nitrogens with zero attached hydrogens (tertiary/aromatic N) is 1. The summed E-state index contributed by atoms with van der Waals surface area (Å²) in [7, 11) is -5.15. The third-order valence-electron chi connectivity index (χ3n) is 7.12. The zero-order chi connectivity index (χ0) is 24.2. The van der Waals surface area contributed by atoms with Crippen molar-refractivity contribution >= 4 is 24.4 Å². The SMILES string of the molecule is CCNC(=O)N1CCC[C@H](NS(C)(=O)=O)[C@@H]1COC1CCC(O[Si](C)(C)C(C)(C)C)CC1. The van der Waals surface area contributed by atoms with Gasteiger partial charge in [-0.25, -0.2) is 17.9 Å². The van der Waals surface area contributed by atoms with Gasteiger partial charge in [-0.15, -0.1) is 0 Å². The number of carbonyl (C=O) groups excluding carboxylic acids is 1. The second-order valence-corrected chi connectivity index (χ2v) is 17.4. The molecule has 0 aromatic carbocycles. The van der Waals surface area contributed by atoms with Gasteiger partial charge in [0.15, 0.2) is 8.32 Å². The first-order chi connectivity index (χ1) is 14.7. The predicted octanol–water partition coefficient (Wildman–Crippen LogP) is 3.45. The van der Waals surface area contributed by atoms with Crippen LogP contribution in [0.5, 0.6) is 0 Å². The summed E-state index contributed by atoms with van der Waals surface area (Å²) in [6, 6.07) is -0.807. The monoisotopic (exact) mass is 491 g/mol. The maximum absolute atomic E-state index is 12.6. The molecule has 2 rings (SSSR count). The highest BCUT2D eigenvalue weighted by Crippen LogP contribution is 2.39. The van der Waals surface area contributed by atoms with E-state index in [4.69, 9.17) is 9.16 Å². The van der Waals surface area contributed by atoms with E-state index < -0.39 is 18.3 Å². The molecule has 0 unspecified atom stereocenters. The van der Waals surface area contributed by atoms with Crippen molar-refractivity contribution in [3.63, 3.8) is 0 Å². The Kier molecular flexibility index (Phi) is 9.61. The highest BCUT2D eigenvalue weighted by atomic mass is 32.2. The number of rotatable bonds is 8. The van der Waals surface area contributed by atoms with Crippen LogP contribution < -0.4 is 10.0 Å². The van der Waals surface area contributed by atoms with Gasteiger partial charge in [0.25, 0.3) is 0 Å². The molecule has 2 atom stereocenters. The van der Waals surface area contributed by atoms with Crippen molar-refractivity contribution in [2.45, 2.75) is 109 Å². The standard InChI is InChI=1S/C22H45N3O5SSi/c1-8-23-21(26)25-15-9-10-19(24-31(5,27)28)20(25)16-29-17-11-13-18(14-12-17)30-32(6,7)22(2,3)4/h17-20,24H,8-16H2,1-7H3,(H,23,26)/t17?,18?,19-,20-/m0/s1. The lowest BCUT2D eigenvalue weighted by Gasteiger charge is -2.43. The number of piperidine rings is 1. The van der Waals surface area contributed by atoms with Crippen molar-refractivity contribution in [3.05, 3.63) is 0 Å². The van der Waals surface area contributed by atoms with Crippen molar-refractivity contribution in [1.82, 2.24) is 14.9 Å². The third kappa shape index (κ3) is 7.97. The van der Waals surface area contributed by atoms with Crippen LogP contribution in [-0.4, -0.2) is 77.9 Å². The first kappa shape index (κ1) is 27.6. The fraction of sp³-hybridized carbons (Fsp3) is 0.955. The summed E-state index contributed by atoms with van der Waals surface area (Å²) in [4.78, 5) is 14.3. The molecule has 0 radical (unpaired) electrons. The van der Waals surface area contributed by atoms with Gasteiger partial charge in [0, 0.05) is 25.2 Å². The molecular weight excluding hydrogens is 446 g/mol. The Labute approximate surface area is 196 Å². The van der Waals surface area contributed by atoms with E-state index in [1.165, 1.54) is 6.26 Å². The summed E-state index contributed by atoms with van der Waals surface area (Å²) < 4.78 is 39.4. The number of hydrogen-bond acceptors (Lipinski definition) is 5. The number of likely N-dealkylation sites (tertiary alicyclic amines) is 1. The summed E-state index contributed by atoms with van der Waals surface area (Å²) >= 11 is 0. The third-order valence-corrected chi connectivity index (χ3v) is 12.4. The molecule has 1 aliphatic heterocycles. The van der Waals surface area contributed by atoms with E-state index in [9.17, 15) is 13.2 Å². The number of hydrogen-bond donors (Lipinski definition) is 2. The molecule has 0 bridgehead atoms. The van der Waals surface area contributed by atoms with Crippen molar-refractivity contribution < 1.29 is 22.4 Å². The Balaban J connectivity index is 1.95. The topological polar surface area (TPSA) is 97.0 Å². The second-order valence-electron chi connectivity index (χ2n) is 10.8. The summed E-state index contributed by atoms with van der Waals surface area (Å²) in [5.41, 5.74) is 0. The summed E-state index contributed by atoms with van der Waals surface area (Å²) in [6.07, 6.45) is 6.85. The fourth-order valence-electron chi connectivity index (χ4n) is 4.33. The van der Waals surface area contributed by atoms with E-state index >= 15 is 0 Å². The molecule has 1 saturated carbocycles. The molecule has 2 N–H and O–H groups in total. The summed E-state index contributed by atoms with van der Waals surface area (Å²) in [5, 5.41) is 3.05. The Hall–Kier alpha value is -0.683. The van der Waals surface area contributed by atoms with Crippen LogP contribution in [0, 0.1) is 0 Å². The highest BCUT2D eigenvalue weighted by Gasteiger charge is 2.40. The number of ether oxygens (including phenoxy) is 1. The number of carbonyl (C=O) groups is 1. The second kappa shape index (κ2) is 11.2. The van der Waals surface area contributed by atoms with Crippen LogP contribution in [0.2, 0.25) is 18.1 Å². The van der Waals surface area contributed by atoms with Crippen LogP contribution in [-0.2, 0) is 19.2 Å². The maximum Gasteiger partial charge on any atom is 0.317 e. The van der Waals surface area contributed by atoms with E-state index in [2.05, 4.69) is 43.9 Å².